The van der Waals surface area contributed by atoms with Crippen LogP contribution >= 0.6 is 0 Å². The molecule has 3 aromatic carbocycles. The number of ether oxygens (including phenoxy) is 3. The van der Waals surface area contributed by atoms with Crippen LogP contribution in [0, 0.1) is 0 Å². The van der Waals surface area contributed by atoms with Gasteiger partial charge < -0.3 is 19.5 Å². The molecule has 0 saturated heterocycles. The van der Waals surface area contributed by atoms with Crippen LogP contribution in [-0.2, 0) is 9.53 Å². The highest BCUT2D eigenvalue weighted by Crippen LogP contribution is 2.26. The van der Waals surface area contributed by atoms with E-state index in [1.165, 1.54) is 7.11 Å². The molecule has 0 aliphatic heterocycles. The number of rotatable bonds is 6. The Kier molecular flexibility index (Phi) is 5.56. The molecular weight excluding hydrogens is 346 g/mol. The number of carbonyl (C=O) groups is 2. The number of methoxy groups -OCH3 is 2. The molecule has 0 radical (unpaired) electrons. The summed E-state index contributed by atoms with van der Waals surface area (Å²) in [5.74, 6) is 0.0212. The maximum atomic E-state index is 12.4. The van der Waals surface area contributed by atoms with Crippen LogP contribution in [0.5, 0.6) is 11.5 Å². The highest BCUT2D eigenvalue weighted by atomic mass is 16.5. The van der Waals surface area contributed by atoms with Crippen molar-refractivity contribution in [3.05, 3.63) is 66.2 Å². The highest BCUT2D eigenvalue weighted by Gasteiger charge is 2.16. The van der Waals surface area contributed by atoms with Crippen molar-refractivity contribution in [3.63, 3.8) is 0 Å². The number of carbonyl (C=O) groups excluding carboxylic acids is 2. The van der Waals surface area contributed by atoms with Gasteiger partial charge in [-0.15, -0.1) is 0 Å². The summed E-state index contributed by atoms with van der Waals surface area (Å²) in [6.07, 6.45) is 0. The Labute approximate surface area is 156 Å². The fourth-order valence-corrected chi connectivity index (χ4v) is 2.63. The van der Waals surface area contributed by atoms with E-state index in [1.54, 1.807) is 43.5 Å². The van der Waals surface area contributed by atoms with E-state index >= 15 is 0 Å². The van der Waals surface area contributed by atoms with Crippen LogP contribution in [0.2, 0.25) is 0 Å². The largest absolute Gasteiger partial charge is 0.497 e. The number of esters is 1. The molecule has 27 heavy (non-hydrogen) atoms. The van der Waals surface area contributed by atoms with E-state index in [-0.39, 0.29) is 5.56 Å². The minimum Gasteiger partial charge on any atom is -0.497 e. The fraction of sp³-hybridized carbons (Fsp3) is 0.143. The lowest BCUT2D eigenvalue weighted by atomic mass is 10.1. The van der Waals surface area contributed by atoms with Crippen LogP contribution in [0.3, 0.4) is 0 Å². The van der Waals surface area contributed by atoms with E-state index in [0.717, 1.165) is 10.8 Å². The zero-order chi connectivity index (χ0) is 19.2. The molecule has 0 heterocycles. The molecule has 0 aliphatic rings. The van der Waals surface area contributed by atoms with Crippen molar-refractivity contribution >= 4 is 28.3 Å². The second kappa shape index (κ2) is 8.23. The number of hydrogen-bond donors (Lipinski definition) is 1. The van der Waals surface area contributed by atoms with Gasteiger partial charge in [0.1, 0.15) is 17.1 Å². The Morgan fingerprint density at radius 3 is 2.19 bits per heavy atom. The van der Waals surface area contributed by atoms with Crippen molar-refractivity contribution in [2.75, 3.05) is 26.1 Å². The third-order valence-electron chi connectivity index (χ3n) is 4.00. The van der Waals surface area contributed by atoms with Crippen molar-refractivity contribution < 1.29 is 23.8 Å². The first kappa shape index (κ1) is 18.3. The SMILES string of the molecule is COc1ccc(NC(=O)COC(=O)c2cc3ccccc3cc2OC)cc1. The van der Waals surface area contributed by atoms with Gasteiger partial charge in [-0.3, -0.25) is 4.79 Å². The summed E-state index contributed by atoms with van der Waals surface area (Å²) >= 11 is 0. The molecule has 3 aromatic rings. The molecule has 0 saturated carbocycles. The van der Waals surface area contributed by atoms with Crippen LogP contribution in [0.15, 0.2) is 60.7 Å². The lowest BCUT2D eigenvalue weighted by molar-refractivity contribution is -0.119. The first-order valence-corrected chi connectivity index (χ1v) is 8.28. The summed E-state index contributed by atoms with van der Waals surface area (Å²) in [4.78, 5) is 24.4. The molecule has 138 valence electrons. The molecular formula is C21H19NO5. The van der Waals surface area contributed by atoms with Gasteiger partial charge in [0.05, 0.1) is 14.2 Å². The summed E-state index contributed by atoms with van der Waals surface area (Å²) in [6.45, 7) is -0.402. The second-order valence-corrected chi connectivity index (χ2v) is 5.75. The van der Waals surface area contributed by atoms with Gasteiger partial charge >= 0.3 is 5.97 Å². The number of benzene rings is 3. The van der Waals surface area contributed by atoms with Gasteiger partial charge in [-0.05, 0) is 47.2 Å². The van der Waals surface area contributed by atoms with Crippen molar-refractivity contribution in [2.24, 2.45) is 0 Å². The third-order valence-corrected chi connectivity index (χ3v) is 4.00. The third kappa shape index (κ3) is 4.36. The topological polar surface area (TPSA) is 73.9 Å². The van der Waals surface area contributed by atoms with Crippen molar-refractivity contribution in [1.82, 2.24) is 0 Å². The minimum absolute atomic E-state index is 0.272. The summed E-state index contributed by atoms with van der Waals surface area (Å²) in [6, 6.07) is 17.9. The molecule has 0 bridgehead atoms. The van der Waals surface area contributed by atoms with E-state index in [4.69, 9.17) is 14.2 Å². The Balaban J connectivity index is 1.66. The molecule has 1 N–H and O–H groups in total. The molecule has 6 nitrogen and oxygen atoms in total. The summed E-state index contributed by atoms with van der Waals surface area (Å²) in [7, 11) is 3.05. The maximum Gasteiger partial charge on any atom is 0.342 e. The van der Waals surface area contributed by atoms with Gasteiger partial charge in [0, 0.05) is 5.69 Å². The van der Waals surface area contributed by atoms with E-state index in [1.807, 2.05) is 24.3 Å². The second-order valence-electron chi connectivity index (χ2n) is 5.75. The Morgan fingerprint density at radius 1 is 0.889 bits per heavy atom. The molecule has 0 aromatic heterocycles. The molecule has 0 unspecified atom stereocenters. The predicted octanol–water partition coefficient (Wildman–Crippen LogP) is 3.65. The number of amides is 1. The first-order chi connectivity index (χ1) is 13.1. The summed E-state index contributed by atoms with van der Waals surface area (Å²) in [5, 5.41) is 4.49. The maximum absolute atomic E-state index is 12.4. The van der Waals surface area contributed by atoms with Crippen LogP contribution in [0.25, 0.3) is 10.8 Å². The molecule has 3 rings (SSSR count). The number of nitrogens with one attached hydrogen (secondary N) is 1. The highest BCUT2D eigenvalue weighted by molar-refractivity contribution is 6.00. The number of hydrogen-bond acceptors (Lipinski definition) is 5. The van der Waals surface area contributed by atoms with Crippen LogP contribution < -0.4 is 14.8 Å². The van der Waals surface area contributed by atoms with Crippen molar-refractivity contribution in [1.29, 1.82) is 0 Å². The molecule has 6 heteroatoms. The van der Waals surface area contributed by atoms with Gasteiger partial charge in [0.25, 0.3) is 5.91 Å². The molecule has 0 aliphatic carbocycles. The van der Waals surface area contributed by atoms with Crippen LogP contribution in [-0.4, -0.2) is 32.7 Å². The lowest BCUT2D eigenvalue weighted by Gasteiger charge is -2.11. The van der Waals surface area contributed by atoms with E-state index in [0.29, 0.717) is 17.2 Å². The monoisotopic (exact) mass is 365 g/mol. The van der Waals surface area contributed by atoms with Crippen LogP contribution in [0.4, 0.5) is 5.69 Å². The van der Waals surface area contributed by atoms with Gasteiger partial charge in [-0.2, -0.15) is 0 Å². The summed E-state index contributed by atoms with van der Waals surface area (Å²) < 4.78 is 15.5. The normalized spacial score (nSPS) is 10.3. The Bertz CT molecular complexity index is 966. The van der Waals surface area contributed by atoms with E-state index < -0.39 is 18.5 Å². The van der Waals surface area contributed by atoms with E-state index in [9.17, 15) is 9.59 Å². The average Bonchev–Trinajstić information content (AvgIpc) is 2.71. The molecule has 0 atom stereocenters. The quantitative estimate of drug-likeness (QED) is 0.675. The molecule has 0 spiro atoms. The van der Waals surface area contributed by atoms with Crippen molar-refractivity contribution in [3.8, 4) is 11.5 Å². The van der Waals surface area contributed by atoms with Gasteiger partial charge in [-0.25, -0.2) is 4.79 Å². The predicted molar refractivity (Wildman–Crippen MR) is 102 cm³/mol. The van der Waals surface area contributed by atoms with Crippen molar-refractivity contribution in [2.45, 2.75) is 0 Å². The minimum atomic E-state index is -0.623. The first-order valence-electron chi connectivity index (χ1n) is 8.28. The Morgan fingerprint density at radius 2 is 1.56 bits per heavy atom. The fourth-order valence-electron chi connectivity index (χ4n) is 2.63. The average molecular weight is 365 g/mol. The van der Waals surface area contributed by atoms with E-state index in [2.05, 4.69) is 5.32 Å². The number of fused-ring (bicyclic) bond motifs is 1. The zero-order valence-corrected chi connectivity index (χ0v) is 15.0. The molecule has 0 fully saturated rings. The smallest absolute Gasteiger partial charge is 0.342 e. The lowest BCUT2D eigenvalue weighted by Crippen LogP contribution is -2.21. The van der Waals surface area contributed by atoms with Gasteiger partial charge in [0.2, 0.25) is 0 Å². The van der Waals surface area contributed by atoms with Gasteiger partial charge in [-0.1, -0.05) is 24.3 Å². The Hall–Kier alpha value is -3.54. The zero-order valence-electron chi connectivity index (χ0n) is 15.0. The summed E-state index contributed by atoms with van der Waals surface area (Å²) in [5.41, 5.74) is 0.855. The van der Waals surface area contributed by atoms with Crippen LogP contribution in [0.1, 0.15) is 10.4 Å². The molecule has 1 amide bonds. The number of anilines is 1. The van der Waals surface area contributed by atoms with Gasteiger partial charge in [0.15, 0.2) is 6.61 Å². The standard InChI is InChI=1S/C21H19NO5/c1-25-17-9-7-16(8-10-17)22-20(23)13-27-21(24)18-11-14-5-3-4-6-15(14)12-19(18)26-2/h3-12H,13H2,1-2H3,(H,22,23).